The Bertz CT molecular complexity index is 758. The summed E-state index contributed by atoms with van der Waals surface area (Å²) in [5.74, 6) is 0. The van der Waals surface area contributed by atoms with Crippen molar-refractivity contribution in [2.24, 2.45) is 7.05 Å². The first-order chi connectivity index (χ1) is 9.15. The Kier molecular flexibility index (Phi) is 2.52. The molecule has 0 unspecified atom stereocenters. The topological polar surface area (TPSA) is 78.8 Å². The average molecular weight is 257 g/mol. The second-order valence-corrected chi connectivity index (χ2v) is 4.30. The third kappa shape index (κ3) is 1.95. The maximum absolute atomic E-state index is 11.1. The van der Waals surface area contributed by atoms with Gasteiger partial charge >= 0.3 is 0 Å². The van der Waals surface area contributed by atoms with Gasteiger partial charge in [-0.3, -0.25) is 14.8 Å². The molecular formula is C12H11N5O2. The Labute approximate surface area is 108 Å². The molecule has 0 spiro atoms. The summed E-state index contributed by atoms with van der Waals surface area (Å²) in [6.07, 6.45) is 3.62. The molecule has 0 radical (unpaired) electrons. The van der Waals surface area contributed by atoms with Gasteiger partial charge in [0, 0.05) is 30.9 Å². The zero-order valence-corrected chi connectivity index (χ0v) is 10.2. The molecule has 1 aromatic carbocycles. The van der Waals surface area contributed by atoms with Crippen molar-refractivity contribution in [2.75, 3.05) is 0 Å². The largest absolute Gasteiger partial charge is 0.336 e. The third-order valence-electron chi connectivity index (χ3n) is 2.95. The minimum atomic E-state index is -0.366. The molecule has 0 N–H and O–H groups in total. The molecule has 2 heterocycles. The highest BCUT2D eigenvalue weighted by Crippen LogP contribution is 2.26. The van der Waals surface area contributed by atoms with Crippen LogP contribution in [0.1, 0.15) is 5.69 Å². The number of aryl methyl sites for hydroxylation is 1. The highest BCUT2D eigenvalue weighted by molar-refractivity contribution is 5.88. The van der Waals surface area contributed by atoms with Gasteiger partial charge in [-0.1, -0.05) is 17.3 Å². The molecule has 96 valence electrons. The molecule has 0 amide bonds. The van der Waals surface area contributed by atoms with E-state index in [0.29, 0.717) is 12.1 Å². The van der Waals surface area contributed by atoms with Crippen molar-refractivity contribution in [3.8, 4) is 0 Å². The highest BCUT2D eigenvalue weighted by Gasteiger charge is 2.15. The number of fused-ring (bicyclic) bond motifs is 1. The monoisotopic (exact) mass is 257 g/mol. The van der Waals surface area contributed by atoms with Crippen LogP contribution in [0.2, 0.25) is 0 Å². The van der Waals surface area contributed by atoms with Crippen molar-refractivity contribution in [3.05, 3.63) is 52.5 Å². The Morgan fingerprint density at radius 1 is 1.37 bits per heavy atom. The number of benzene rings is 1. The van der Waals surface area contributed by atoms with Gasteiger partial charge in [-0.15, -0.1) is 5.10 Å². The molecule has 0 aliphatic rings. The fraction of sp³-hybridized carbons (Fsp3) is 0.167. The number of nitrogens with zero attached hydrogens (tertiary/aromatic N) is 5. The number of aromatic nitrogens is 4. The summed E-state index contributed by atoms with van der Waals surface area (Å²) in [4.78, 5) is 10.7. The number of hydrogen-bond donors (Lipinski definition) is 0. The van der Waals surface area contributed by atoms with Crippen LogP contribution in [0.3, 0.4) is 0 Å². The van der Waals surface area contributed by atoms with Gasteiger partial charge in [-0.2, -0.15) is 0 Å². The van der Waals surface area contributed by atoms with Gasteiger partial charge in [0.2, 0.25) is 0 Å². The van der Waals surface area contributed by atoms with Crippen LogP contribution in [0.5, 0.6) is 0 Å². The molecule has 0 fully saturated rings. The maximum Gasteiger partial charge on any atom is 0.293 e. The molecule has 7 heteroatoms. The van der Waals surface area contributed by atoms with Crippen LogP contribution in [0.4, 0.5) is 5.69 Å². The van der Waals surface area contributed by atoms with E-state index in [1.165, 1.54) is 6.07 Å². The van der Waals surface area contributed by atoms with Crippen LogP contribution in [-0.4, -0.2) is 24.5 Å². The van der Waals surface area contributed by atoms with Gasteiger partial charge in [0.1, 0.15) is 11.2 Å². The lowest BCUT2D eigenvalue weighted by atomic mass is 10.2. The first-order valence-corrected chi connectivity index (χ1v) is 5.72. The first-order valence-electron chi connectivity index (χ1n) is 5.72. The molecule has 0 saturated heterocycles. The second kappa shape index (κ2) is 4.20. The average Bonchev–Trinajstić information content (AvgIpc) is 2.97. The minimum Gasteiger partial charge on any atom is -0.336 e. The molecule has 0 bridgehead atoms. The normalized spacial score (nSPS) is 11.0. The maximum atomic E-state index is 11.1. The van der Waals surface area contributed by atoms with E-state index < -0.39 is 0 Å². The standard InChI is InChI=1S/C12H11N5O2/c1-15-7-10(13-14-15)8-16-6-5-9-3-2-4-11(12(9)16)17(18)19/h2-7H,8H2,1H3. The number of para-hydroxylation sites is 1. The summed E-state index contributed by atoms with van der Waals surface area (Å²) < 4.78 is 3.42. The summed E-state index contributed by atoms with van der Waals surface area (Å²) in [5.41, 5.74) is 1.47. The smallest absolute Gasteiger partial charge is 0.293 e. The highest BCUT2D eigenvalue weighted by atomic mass is 16.6. The number of nitro groups is 1. The number of hydrogen-bond acceptors (Lipinski definition) is 4. The predicted octanol–water partition coefficient (Wildman–Crippen LogP) is 1.73. The molecule has 0 atom stereocenters. The quantitative estimate of drug-likeness (QED) is 0.528. The Hall–Kier alpha value is -2.70. The van der Waals surface area contributed by atoms with E-state index in [2.05, 4.69) is 10.3 Å². The molecule has 19 heavy (non-hydrogen) atoms. The second-order valence-electron chi connectivity index (χ2n) is 4.30. The van der Waals surface area contributed by atoms with E-state index in [0.717, 1.165) is 11.1 Å². The SMILES string of the molecule is Cn1cc(Cn2ccc3cccc([N+](=O)[O-])c32)nn1. The fourth-order valence-electron chi connectivity index (χ4n) is 2.16. The van der Waals surface area contributed by atoms with Crippen LogP contribution in [0, 0.1) is 10.1 Å². The molecule has 2 aromatic heterocycles. The lowest BCUT2D eigenvalue weighted by Crippen LogP contribution is -2.00. The van der Waals surface area contributed by atoms with Gasteiger partial charge in [-0.25, -0.2) is 0 Å². The van der Waals surface area contributed by atoms with E-state index in [9.17, 15) is 10.1 Å². The number of non-ortho nitro benzene ring substituents is 1. The van der Waals surface area contributed by atoms with Crippen molar-refractivity contribution >= 4 is 16.6 Å². The zero-order valence-electron chi connectivity index (χ0n) is 10.2. The zero-order chi connectivity index (χ0) is 13.4. The van der Waals surface area contributed by atoms with Crippen molar-refractivity contribution in [2.45, 2.75) is 6.54 Å². The number of nitro benzene ring substituents is 1. The van der Waals surface area contributed by atoms with Gasteiger partial charge in [0.15, 0.2) is 0 Å². The Morgan fingerprint density at radius 2 is 2.21 bits per heavy atom. The van der Waals surface area contributed by atoms with Gasteiger partial charge in [0.05, 0.1) is 11.5 Å². The molecule has 3 rings (SSSR count). The third-order valence-corrected chi connectivity index (χ3v) is 2.95. The predicted molar refractivity (Wildman–Crippen MR) is 68.7 cm³/mol. The van der Waals surface area contributed by atoms with E-state index in [1.54, 1.807) is 24.0 Å². The molecule has 7 nitrogen and oxygen atoms in total. The molecule has 0 saturated carbocycles. The van der Waals surface area contributed by atoms with Crippen LogP contribution in [0.15, 0.2) is 36.7 Å². The van der Waals surface area contributed by atoms with Crippen LogP contribution >= 0.6 is 0 Å². The van der Waals surface area contributed by atoms with Crippen molar-refractivity contribution in [1.29, 1.82) is 0 Å². The molecule has 3 aromatic rings. The van der Waals surface area contributed by atoms with Crippen molar-refractivity contribution in [1.82, 2.24) is 19.6 Å². The van der Waals surface area contributed by atoms with Crippen molar-refractivity contribution in [3.63, 3.8) is 0 Å². The van der Waals surface area contributed by atoms with Crippen LogP contribution in [-0.2, 0) is 13.6 Å². The van der Waals surface area contributed by atoms with E-state index in [1.807, 2.05) is 22.9 Å². The summed E-state index contributed by atoms with van der Waals surface area (Å²) in [6.45, 7) is 0.461. The minimum absolute atomic E-state index is 0.103. The fourth-order valence-corrected chi connectivity index (χ4v) is 2.16. The molecule has 0 aliphatic heterocycles. The van der Waals surface area contributed by atoms with E-state index >= 15 is 0 Å². The summed E-state index contributed by atoms with van der Waals surface area (Å²) in [6, 6.07) is 6.91. The summed E-state index contributed by atoms with van der Waals surface area (Å²) >= 11 is 0. The first kappa shape index (κ1) is 11.4. The van der Waals surface area contributed by atoms with Crippen LogP contribution in [0.25, 0.3) is 10.9 Å². The molecular weight excluding hydrogens is 246 g/mol. The molecule has 0 aliphatic carbocycles. The Balaban J connectivity index is 2.11. The van der Waals surface area contributed by atoms with E-state index in [-0.39, 0.29) is 10.6 Å². The lowest BCUT2D eigenvalue weighted by molar-refractivity contribution is -0.383. The number of rotatable bonds is 3. The lowest BCUT2D eigenvalue weighted by Gasteiger charge is -2.03. The van der Waals surface area contributed by atoms with Crippen LogP contribution < -0.4 is 0 Å². The van der Waals surface area contributed by atoms with E-state index in [4.69, 9.17) is 0 Å². The van der Waals surface area contributed by atoms with Gasteiger partial charge in [-0.05, 0) is 6.07 Å². The Morgan fingerprint density at radius 3 is 2.89 bits per heavy atom. The van der Waals surface area contributed by atoms with Gasteiger partial charge in [0.25, 0.3) is 5.69 Å². The summed E-state index contributed by atoms with van der Waals surface area (Å²) in [7, 11) is 1.78. The summed E-state index contributed by atoms with van der Waals surface area (Å²) in [5, 5.41) is 19.8. The van der Waals surface area contributed by atoms with Crippen molar-refractivity contribution < 1.29 is 4.92 Å². The van der Waals surface area contributed by atoms with Gasteiger partial charge < -0.3 is 4.57 Å².